The van der Waals surface area contributed by atoms with Gasteiger partial charge in [0.05, 0.1) is 0 Å². The van der Waals surface area contributed by atoms with Gasteiger partial charge in [0.15, 0.2) is 0 Å². The van der Waals surface area contributed by atoms with Gasteiger partial charge in [-0.05, 0) is 38.2 Å². The van der Waals surface area contributed by atoms with E-state index in [-0.39, 0.29) is 0 Å². The second kappa shape index (κ2) is 6.31. The van der Waals surface area contributed by atoms with Gasteiger partial charge in [0, 0.05) is 17.6 Å². The van der Waals surface area contributed by atoms with E-state index in [1.54, 1.807) is 6.20 Å². The maximum atomic E-state index is 5.67. The third kappa shape index (κ3) is 3.37. The molecule has 0 amide bonds. The summed E-state index contributed by atoms with van der Waals surface area (Å²) in [5, 5.41) is 0. The molecule has 0 saturated carbocycles. The maximum Gasteiger partial charge on any atom is 0.0458 e. The quantitative estimate of drug-likeness (QED) is 0.715. The van der Waals surface area contributed by atoms with Crippen LogP contribution in [0.2, 0.25) is 0 Å². The molecule has 2 N–H and O–H groups in total. The fraction of sp³-hybridized carbons (Fsp3) is 0.500. The minimum Gasteiger partial charge on any atom is -0.401 e. The molecular formula is C14H22N2. The molecule has 2 nitrogen and oxygen atoms in total. The van der Waals surface area contributed by atoms with E-state index < -0.39 is 0 Å². The summed E-state index contributed by atoms with van der Waals surface area (Å²) in [4.78, 5) is 4.39. The normalized spacial score (nSPS) is 19.7. The molecule has 0 spiro atoms. The zero-order chi connectivity index (χ0) is 12.0. The molecule has 1 aliphatic heterocycles. The predicted octanol–water partition coefficient (Wildman–Crippen LogP) is 3.71. The summed E-state index contributed by atoms with van der Waals surface area (Å²) in [5.41, 5.74) is 10.6. The SMILES string of the molecule is CC.CC1=CC=C(C2=NC=C(N)CC2)CC1. The lowest BCUT2D eigenvalue weighted by Gasteiger charge is -2.16. The van der Waals surface area contributed by atoms with Crippen LogP contribution in [0, 0.1) is 0 Å². The maximum absolute atomic E-state index is 5.67. The van der Waals surface area contributed by atoms with Gasteiger partial charge < -0.3 is 5.73 Å². The van der Waals surface area contributed by atoms with Crippen LogP contribution in [-0.4, -0.2) is 5.71 Å². The Bertz CT molecular complexity index is 321. The lowest BCUT2D eigenvalue weighted by Crippen LogP contribution is -2.11. The smallest absolute Gasteiger partial charge is 0.0458 e. The van der Waals surface area contributed by atoms with Gasteiger partial charge in [0.25, 0.3) is 0 Å². The van der Waals surface area contributed by atoms with Crippen LogP contribution in [0.4, 0.5) is 0 Å². The molecule has 2 rings (SSSR count). The van der Waals surface area contributed by atoms with E-state index in [0.717, 1.165) is 25.0 Å². The van der Waals surface area contributed by atoms with E-state index in [1.807, 2.05) is 13.8 Å². The van der Waals surface area contributed by atoms with E-state index in [1.165, 1.54) is 23.3 Å². The minimum atomic E-state index is 0.900. The molecule has 2 aliphatic rings. The van der Waals surface area contributed by atoms with Gasteiger partial charge in [0.2, 0.25) is 0 Å². The van der Waals surface area contributed by atoms with Crippen molar-refractivity contribution >= 4 is 5.71 Å². The summed E-state index contributed by atoms with van der Waals surface area (Å²) in [7, 11) is 0. The second-order valence-corrected chi connectivity index (χ2v) is 3.98. The Kier molecular flexibility index (Phi) is 5.03. The highest BCUT2D eigenvalue weighted by molar-refractivity contribution is 6.01. The molecule has 0 bridgehead atoms. The fourth-order valence-electron chi connectivity index (χ4n) is 1.78. The van der Waals surface area contributed by atoms with Gasteiger partial charge in [-0.15, -0.1) is 0 Å². The van der Waals surface area contributed by atoms with Gasteiger partial charge in [-0.1, -0.05) is 31.6 Å². The second-order valence-electron chi connectivity index (χ2n) is 3.98. The van der Waals surface area contributed by atoms with Crippen LogP contribution >= 0.6 is 0 Å². The molecular weight excluding hydrogens is 196 g/mol. The number of aliphatic imine (C=N–C) groups is 1. The number of rotatable bonds is 1. The zero-order valence-corrected chi connectivity index (χ0v) is 10.6. The molecule has 0 aromatic carbocycles. The van der Waals surface area contributed by atoms with Crippen molar-refractivity contribution in [3.8, 4) is 0 Å². The molecule has 0 unspecified atom stereocenters. The topological polar surface area (TPSA) is 38.4 Å². The van der Waals surface area contributed by atoms with E-state index in [4.69, 9.17) is 5.73 Å². The van der Waals surface area contributed by atoms with Gasteiger partial charge in [-0.3, -0.25) is 4.99 Å². The van der Waals surface area contributed by atoms with E-state index in [0.29, 0.717) is 0 Å². The Morgan fingerprint density at radius 2 is 1.81 bits per heavy atom. The highest BCUT2D eigenvalue weighted by atomic mass is 14.8. The number of hydrogen-bond acceptors (Lipinski definition) is 2. The molecule has 0 aromatic heterocycles. The molecule has 16 heavy (non-hydrogen) atoms. The minimum absolute atomic E-state index is 0.900. The molecule has 1 heterocycles. The van der Waals surface area contributed by atoms with Crippen molar-refractivity contribution in [2.45, 2.75) is 46.5 Å². The van der Waals surface area contributed by atoms with Crippen molar-refractivity contribution < 1.29 is 0 Å². The number of hydrogen-bond donors (Lipinski definition) is 1. The number of allylic oxidation sites excluding steroid dienone is 5. The van der Waals surface area contributed by atoms with Crippen LogP contribution < -0.4 is 5.73 Å². The Hall–Kier alpha value is -1.31. The molecule has 0 radical (unpaired) electrons. The zero-order valence-electron chi connectivity index (χ0n) is 10.6. The van der Waals surface area contributed by atoms with Crippen molar-refractivity contribution in [1.82, 2.24) is 0 Å². The van der Waals surface area contributed by atoms with E-state index in [2.05, 4.69) is 24.1 Å². The summed E-state index contributed by atoms with van der Waals surface area (Å²) in [6, 6.07) is 0. The van der Waals surface area contributed by atoms with Crippen LogP contribution in [0.3, 0.4) is 0 Å². The van der Waals surface area contributed by atoms with Crippen LogP contribution in [0.1, 0.15) is 46.5 Å². The van der Waals surface area contributed by atoms with Gasteiger partial charge in [-0.2, -0.15) is 0 Å². The Balaban J connectivity index is 0.000000606. The number of nitrogens with zero attached hydrogens (tertiary/aromatic N) is 1. The van der Waals surface area contributed by atoms with Crippen LogP contribution in [0.5, 0.6) is 0 Å². The van der Waals surface area contributed by atoms with Crippen molar-refractivity contribution in [2.24, 2.45) is 10.7 Å². The van der Waals surface area contributed by atoms with E-state index >= 15 is 0 Å². The molecule has 0 fully saturated rings. The molecule has 2 heteroatoms. The van der Waals surface area contributed by atoms with Crippen molar-refractivity contribution in [1.29, 1.82) is 0 Å². The number of nitrogens with two attached hydrogens (primary N) is 1. The summed E-state index contributed by atoms with van der Waals surface area (Å²) in [6.45, 7) is 6.17. The van der Waals surface area contributed by atoms with E-state index in [9.17, 15) is 0 Å². The fourth-order valence-corrected chi connectivity index (χ4v) is 1.78. The standard InChI is InChI=1S/C12H16N2.C2H6/c1-9-2-4-10(5-3-9)12-7-6-11(13)8-14-12;1-2/h2,4,8H,3,5-7,13H2,1H3;1-2H3. The lowest BCUT2D eigenvalue weighted by molar-refractivity contribution is 0.903. The first-order valence-corrected chi connectivity index (χ1v) is 6.13. The Labute approximate surface area is 98.6 Å². The first-order chi connectivity index (χ1) is 7.75. The molecule has 1 aliphatic carbocycles. The lowest BCUT2D eigenvalue weighted by atomic mass is 9.93. The molecule has 0 aromatic rings. The van der Waals surface area contributed by atoms with Gasteiger partial charge in [0.1, 0.15) is 0 Å². The molecule has 88 valence electrons. The largest absolute Gasteiger partial charge is 0.401 e. The summed E-state index contributed by atoms with van der Waals surface area (Å²) < 4.78 is 0. The van der Waals surface area contributed by atoms with Crippen LogP contribution in [0.15, 0.2) is 40.2 Å². The van der Waals surface area contributed by atoms with Crippen molar-refractivity contribution in [2.75, 3.05) is 0 Å². The average molecular weight is 218 g/mol. The van der Waals surface area contributed by atoms with Gasteiger partial charge >= 0.3 is 0 Å². The van der Waals surface area contributed by atoms with Crippen LogP contribution in [0.25, 0.3) is 0 Å². The average Bonchev–Trinajstić information content (AvgIpc) is 2.34. The first-order valence-electron chi connectivity index (χ1n) is 6.13. The summed E-state index contributed by atoms with van der Waals surface area (Å²) in [6.07, 6.45) is 10.5. The molecule has 0 atom stereocenters. The van der Waals surface area contributed by atoms with Crippen molar-refractivity contribution in [3.05, 3.63) is 35.2 Å². The third-order valence-corrected chi connectivity index (χ3v) is 2.77. The summed E-state index contributed by atoms with van der Waals surface area (Å²) in [5.74, 6) is 0. The Morgan fingerprint density at radius 1 is 1.06 bits per heavy atom. The van der Waals surface area contributed by atoms with Crippen molar-refractivity contribution in [3.63, 3.8) is 0 Å². The first kappa shape index (κ1) is 12.8. The van der Waals surface area contributed by atoms with Crippen LogP contribution in [-0.2, 0) is 0 Å². The monoisotopic (exact) mass is 218 g/mol. The highest BCUT2D eigenvalue weighted by Gasteiger charge is 2.12. The van der Waals surface area contributed by atoms with Gasteiger partial charge in [-0.25, -0.2) is 0 Å². The third-order valence-electron chi connectivity index (χ3n) is 2.77. The highest BCUT2D eigenvalue weighted by Crippen LogP contribution is 2.22. The molecule has 0 saturated heterocycles. The summed E-state index contributed by atoms with van der Waals surface area (Å²) >= 11 is 0. The predicted molar refractivity (Wildman–Crippen MR) is 71.4 cm³/mol. The Morgan fingerprint density at radius 3 is 2.31 bits per heavy atom.